The van der Waals surface area contributed by atoms with Gasteiger partial charge in [0, 0.05) is 35.8 Å². The molecule has 0 aliphatic carbocycles. The van der Waals surface area contributed by atoms with Crippen LogP contribution in [0.3, 0.4) is 0 Å². The van der Waals surface area contributed by atoms with Crippen molar-refractivity contribution in [3.8, 4) is 0 Å². The minimum atomic E-state index is 0.126. The highest BCUT2D eigenvalue weighted by molar-refractivity contribution is 6.06. The number of fused-ring (bicyclic) bond motifs is 1. The van der Waals surface area contributed by atoms with Crippen LogP contribution in [0.1, 0.15) is 23.7 Å². The maximum absolute atomic E-state index is 12.8. The smallest absolute Gasteiger partial charge is 0.254 e. The first-order chi connectivity index (χ1) is 9.70. The average molecular weight is 271 g/mol. The molecule has 2 heterocycles. The minimum absolute atomic E-state index is 0.126. The van der Waals surface area contributed by atoms with Gasteiger partial charge in [-0.3, -0.25) is 4.79 Å². The summed E-state index contributed by atoms with van der Waals surface area (Å²) < 4.78 is 0. The Labute approximate surface area is 118 Å². The van der Waals surface area contributed by atoms with Gasteiger partial charge in [-0.2, -0.15) is 0 Å². The van der Waals surface area contributed by atoms with Crippen LogP contribution in [-0.4, -0.2) is 35.4 Å². The number of hydrogen-bond acceptors (Lipinski definition) is 2. The van der Waals surface area contributed by atoms with E-state index in [1.165, 1.54) is 0 Å². The molecule has 106 valence electrons. The molecule has 1 aromatic heterocycles. The summed E-state index contributed by atoms with van der Waals surface area (Å²) >= 11 is 0. The maximum atomic E-state index is 12.8. The van der Waals surface area contributed by atoms with Gasteiger partial charge >= 0.3 is 0 Å². The highest BCUT2D eigenvalue weighted by Gasteiger charge is 2.29. The number of rotatable bonds is 2. The summed E-state index contributed by atoms with van der Waals surface area (Å²) in [4.78, 5) is 17.9. The number of nitrogens with two attached hydrogens (primary N) is 1. The molecule has 0 radical (unpaired) electrons. The van der Waals surface area contributed by atoms with Crippen LogP contribution in [0.5, 0.6) is 0 Å². The van der Waals surface area contributed by atoms with Gasteiger partial charge in [0.25, 0.3) is 5.91 Å². The third kappa shape index (κ3) is 2.20. The maximum Gasteiger partial charge on any atom is 0.254 e. The minimum Gasteiger partial charge on any atom is -0.361 e. The Balaban J connectivity index is 1.87. The van der Waals surface area contributed by atoms with E-state index in [4.69, 9.17) is 5.73 Å². The van der Waals surface area contributed by atoms with Crippen molar-refractivity contribution in [1.29, 1.82) is 0 Å². The lowest BCUT2D eigenvalue weighted by Gasteiger charge is -2.36. The molecule has 2 aromatic rings. The van der Waals surface area contributed by atoms with Crippen molar-refractivity contribution in [1.82, 2.24) is 9.88 Å². The van der Waals surface area contributed by atoms with E-state index in [-0.39, 0.29) is 5.91 Å². The molecule has 0 bridgehead atoms. The molecule has 2 unspecified atom stereocenters. The molecule has 1 amide bonds. The summed E-state index contributed by atoms with van der Waals surface area (Å²) in [5.41, 5.74) is 7.62. The van der Waals surface area contributed by atoms with Gasteiger partial charge in [0.05, 0.1) is 0 Å². The second-order valence-corrected chi connectivity index (χ2v) is 5.76. The molecule has 2 atom stereocenters. The lowest BCUT2D eigenvalue weighted by Crippen LogP contribution is -2.45. The third-order valence-corrected chi connectivity index (χ3v) is 4.53. The van der Waals surface area contributed by atoms with Gasteiger partial charge in [0.15, 0.2) is 0 Å². The molecule has 0 spiro atoms. The van der Waals surface area contributed by atoms with Gasteiger partial charge in [-0.1, -0.05) is 13.0 Å². The van der Waals surface area contributed by atoms with Crippen molar-refractivity contribution in [3.05, 3.63) is 36.0 Å². The van der Waals surface area contributed by atoms with Crippen LogP contribution < -0.4 is 5.73 Å². The second kappa shape index (κ2) is 5.29. The molecule has 1 fully saturated rings. The predicted octanol–water partition coefficient (Wildman–Crippen LogP) is 2.22. The molecule has 0 saturated carbocycles. The quantitative estimate of drug-likeness (QED) is 0.879. The van der Waals surface area contributed by atoms with E-state index < -0.39 is 0 Å². The number of likely N-dealkylation sites (tertiary alicyclic amines) is 1. The highest BCUT2D eigenvalue weighted by atomic mass is 16.2. The molecule has 4 nitrogen and oxygen atoms in total. The summed E-state index contributed by atoms with van der Waals surface area (Å²) in [6, 6.07) is 7.80. The fraction of sp³-hybridized carbons (Fsp3) is 0.438. The molecule has 20 heavy (non-hydrogen) atoms. The Morgan fingerprint density at radius 3 is 3.10 bits per heavy atom. The number of benzene rings is 1. The summed E-state index contributed by atoms with van der Waals surface area (Å²) in [5.74, 6) is 1.14. The monoisotopic (exact) mass is 271 g/mol. The van der Waals surface area contributed by atoms with E-state index in [1.54, 1.807) is 0 Å². The summed E-state index contributed by atoms with van der Waals surface area (Å²) in [7, 11) is 0. The fourth-order valence-electron chi connectivity index (χ4n) is 3.08. The van der Waals surface area contributed by atoms with Gasteiger partial charge in [0.1, 0.15) is 0 Å². The number of nitrogens with zero attached hydrogens (tertiary/aromatic N) is 1. The summed E-state index contributed by atoms with van der Waals surface area (Å²) in [6.07, 6.45) is 2.92. The van der Waals surface area contributed by atoms with Crippen LogP contribution >= 0.6 is 0 Å². The van der Waals surface area contributed by atoms with Crippen molar-refractivity contribution < 1.29 is 4.79 Å². The van der Waals surface area contributed by atoms with Crippen molar-refractivity contribution >= 4 is 16.8 Å². The number of carbonyl (C=O) groups is 1. The Bertz CT molecular complexity index is 619. The van der Waals surface area contributed by atoms with Crippen LogP contribution in [0.2, 0.25) is 0 Å². The normalized spacial score (nSPS) is 23.2. The Morgan fingerprint density at radius 1 is 1.45 bits per heavy atom. The molecular formula is C16H21N3O. The Hall–Kier alpha value is -1.81. The standard InChI is InChI=1S/C16H21N3O/c1-11-6-8-19(10-12(11)9-17)16(20)14-3-2-4-15-13(14)5-7-18-15/h2-5,7,11-12,18H,6,8-10,17H2,1H3. The number of piperidine rings is 1. The zero-order valence-corrected chi connectivity index (χ0v) is 11.8. The zero-order valence-electron chi connectivity index (χ0n) is 11.8. The van der Waals surface area contributed by atoms with E-state index in [2.05, 4.69) is 11.9 Å². The second-order valence-electron chi connectivity index (χ2n) is 5.76. The summed E-state index contributed by atoms with van der Waals surface area (Å²) in [5, 5.41) is 1.00. The van der Waals surface area contributed by atoms with E-state index in [0.29, 0.717) is 18.4 Å². The molecule has 1 aliphatic heterocycles. The number of nitrogens with one attached hydrogen (secondary N) is 1. The van der Waals surface area contributed by atoms with Crippen LogP contribution in [0.15, 0.2) is 30.5 Å². The van der Waals surface area contributed by atoms with Crippen LogP contribution in [0.4, 0.5) is 0 Å². The largest absolute Gasteiger partial charge is 0.361 e. The van der Waals surface area contributed by atoms with E-state index in [1.807, 2.05) is 35.4 Å². The van der Waals surface area contributed by atoms with Crippen molar-refractivity contribution in [2.45, 2.75) is 13.3 Å². The number of aromatic amines is 1. The highest BCUT2D eigenvalue weighted by Crippen LogP contribution is 2.25. The number of hydrogen-bond donors (Lipinski definition) is 2. The molecule has 3 N–H and O–H groups in total. The number of amides is 1. The molecule has 3 rings (SSSR count). The van der Waals surface area contributed by atoms with E-state index in [0.717, 1.165) is 36.0 Å². The van der Waals surface area contributed by atoms with E-state index in [9.17, 15) is 4.79 Å². The van der Waals surface area contributed by atoms with Gasteiger partial charge in [-0.15, -0.1) is 0 Å². The first kappa shape index (κ1) is 13.2. The lowest BCUT2D eigenvalue weighted by molar-refractivity contribution is 0.0620. The van der Waals surface area contributed by atoms with Crippen LogP contribution in [0.25, 0.3) is 10.9 Å². The van der Waals surface area contributed by atoms with Gasteiger partial charge in [-0.25, -0.2) is 0 Å². The average Bonchev–Trinajstić information content (AvgIpc) is 2.95. The number of aromatic nitrogens is 1. The van der Waals surface area contributed by atoms with Crippen LogP contribution in [-0.2, 0) is 0 Å². The topological polar surface area (TPSA) is 62.1 Å². The van der Waals surface area contributed by atoms with Crippen molar-refractivity contribution in [2.75, 3.05) is 19.6 Å². The molecule has 4 heteroatoms. The number of H-pyrrole nitrogens is 1. The van der Waals surface area contributed by atoms with Gasteiger partial charge < -0.3 is 15.6 Å². The molecular weight excluding hydrogens is 250 g/mol. The number of carbonyl (C=O) groups excluding carboxylic acids is 1. The first-order valence-corrected chi connectivity index (χ1v) is 7.26. The predicted molar refractivity (Wildman–Crippen MR) is 80.5 cm³/mol. The Kier molecular flexibility index (Phi) is 3.49. The molecule has 1 aromatic carbocycles. The SMILES string of the molecule is CC1CCN(C(=O)c2cccc3[nH]ccc23)CC1CN. The van der Waals surface area contributed by atoms with Gasteiger partial charge in [0.2, 0.25) is 0 Å². The van der Waals surface area contributed by atoms with Crippen LogP contribution in [0, 0.1) is 11.8 Å². The van der Waals surface area contributed by atoms with Crippen molar-refractivity contribution in [3.63, 3.8) is 0 Å². The first-order valence-electron chi connectivity index (χ1n) is 7.26. The molecule has 1 aliphatic rings. The molecule has 1 saturated heterocycles. The fourth-order valence-corrected chi connectivity index (χ4v) is 3.08. The Morgan fingerprint density at radius 2 is 2.30 bits per heavy atom. The van der Waals surface area contributed by atoms with E-state index >= 15 is 0 Å². The zero-order chi connectivity index (χ0) is 14.1. The lowest BCUT2D eigenvalue weighted by atomic mass is 9.87. The third-order valence-electron chi connectivity index (χ3n) is 4.53. The van der Waals surface area contributed by atoms with Crippen molar-refractivity contribution in [2.24, 2.45) is 17.6 Å². The summed E-state index contributed by atoms with van der Waals surface area (Å²) in [6.45, 7) is 4.49. The van der Waals surface area contributed by atoms with Gasteiger partial charge in [-0.05, 0) is 43.0 Å².